The van der Waals surface area contributed by atoms with Crippen LogP contribution in [0.4, 0.5) is 0 Å². The van der Waals surface area contributed by atoms with E-state index in [1.165, 1.54) is 6.08 Å². The number of ether oxygens (including phenoxy) is 2. The first-order chi connectivity index (χ1) is 9.88. The first-order valence-electron chi connectivity index (χ1n) is 7.00. The van der Waals surface area contributed by atoms with Crippen molar-refractivity contribution in [1.29, 1.82) is 0 Å². The molecule has 0 atom stereocenters. The summed E-state index contributed by atoms with van der Waals surface area (Å²) < 4.78 is 10.3. The number of carbonyl (C=O) groups excluding carboxylic acids is 2. The summed E-state index contributed by atoms with van der Waals surface area (Å²) in [5.74, 6) is -0.685. The van der Waals surface area contributed by atoms with E-state index in [4.69, 9.17) is 9.47 Å². The standard InChI is InChI=1S/C17H22O4/c1-17(2,3)21-15(18)12-8-5-9-13-20-16(19)14-10-6-4-7-11-14/h4,6-8,10-12H,5,9,13H2,1-3H3/b12-8+. The third-order valence-corrected chi connectivity index (χ3v) is 2.42. The number of benzene rings is 1. The average molecular weight is 290 g/mol. The van der Waals surface area contributed by atoms with E-state index in [0.717, 1.165) is 0 Å². The lowest BCUT2D eigenvalue weighted by molar-refractivity contribution is -0.148. The lowest BCUT2D eigenvalue weighted by atomic mass is 10.2. The molecule has 1 rings (SSSR count). The van der Waals surface area contributed by atoms with Crippen molar-refractivity contribution in [3.8, 4) is 0 Å². The van der Waals surface area contributed by atoms with Crippen LogP contribution in [0, 0.1) is 0 Å². The molecular formula is C17H22O4. The summed E-state index contributed by atoms with van der Waals surface area (Å²) in [6, 6.07) is 8.86. The summed E-state index contributed by atoms with van der Waals surface area (Å²) in [5, 5.41) is 0. The first-order valence-corrected chi connectivity index (χ1v) is 7.00. The van der Waals surface area contributed by atoms with Crippen molar-refractivity contribution in [2.45, 2.75) is 39.2 Å². The summed E-state index contributed by atoms with van der Waals surface area (Å²) in [4.78, 5) is 23.0. The van der Waals surface area contributed by atoms with Crippen LogP contribution in [0.1, 0.15) is 44.0 Å². The van der Waals surface area contributed by atoms with Gasteiger partial charge in [-0.1, -0.05) is 24.3 Å². The van der Waals surface area contributed by atoms with Crippen LogP contribution in [-0.4, -0.2) is 24.1 Å². The van der Waals surface area contributed by atoms with Crippen molar-refractivity contribution in [3.05, 3.63) is 48.0 Å². The van der Waals surface area contributed by atoms with Gasteiger partial charge in [0.1, 0.15) is 5.60 Å². The number of hydrogen-bond acceptors (Lipinski definition) is 4. The van der Waals surface area contributed by atoms with Crippen LogP contribution in [0.3, 0.4) is 0 Å². The number of hydrogen-bond donors (Lipinski definition) is 0. The number of unbranched alkanes of at least 4 members (excludes halogenated alkanes) is 1. The Kier molecular flexibility index (Phi) is 6.66. The highest BCUT2D eigenvalue weighted by molar-refractivity contribution is 5.89. The SMILES string of the molecule is CC(C)(C)OC(=O)/C=C/CCCOC(=O)c1ccccc1. The minimum atomic E-state index is -0.480. The normalized spacial score (nSPS) is 11.4. The quantitative estimate of drug-likeness (QED) is 0.457. The Labute approximate surface area is 125 Å². The monoisotopic (exact) mass is 290 g/mol. The van der Waals surface area contributed by atoms with Crippen molar-refractivity contribution < 1.29 is 19.1 Å². The van der Waals surface area contributed by atoms with Crippen molar-refractivity contribution in [1.82, 2.24) is 0 Å². The summed E-state index contributed by atoms with van der Waals surface area (Å²) >= 11 is 0. The van der Waals surface area contributed by atoms with Gasteiger partial charge in [0.05, 0.1) is 12.2 Å². The molecule has 0 bridgehead atoms. The van der Waals surface area contributed by atoms with Crippen LogP contribution < -0.4 is 0 Å². The molecule has 4 heteroatoms. The molecule has 4 nitrogen and oxygen atoms in total. The zero-order valence-electron chi connectivity index (χ0n) is 12.8. The predicted octanol–water partition coefficient (Wildman–Crippen LogP) is 3.52. The molecular weight excluding hydrogens is 268 g/mol. The third kappa shape index (κ3) is 7.92. The van der Waals surface area contributed by atoms with E-state index in [1.807, 2.05) is 26.8 Å². The van der Waals surface area contributed by atoms with E-state index in [9.17, 15) is 9.59 Å². The highest BCUT2D eigenvalue weighted by atomic mass is 16.6. The van der Waals surface area contributed by atoms with Crippen LogP contribution in [0.2, 0.25) is 0 Å². The van der Waals surface area contributed by atoms with Gasteiger partial charge in [0.15, 0.2) is 0 Å². The Hall–Kier alpha value is -2.10. The number of esters is 2. The third-order valence-electron chi connectivity index (χ3n) is 2.42. The molecule has 0 radical (unpaired) electrons. The molecule has 0 aromatic heterocycles. The zero-order chi connectivity index (χ0) is 15.7. The molecule has 1 aromatic rings. The molecule has 0 aliphatic heterocycles. The second-order valence-electron chi connectivity index (χ2n) is 5.58. The second-order valence-corrected chi connectivity index (χ2v) is 5.58. The van der Waals surface area contributed by atoms with E-state index in [0.29, 0.717) is 25.0 Å². The molecule has 0 saturated heterocycles. The lowest BCUT2D eigenvalue weighted by Gasteiger charge is -2.17. The molecule has 0 N–H and O–H groups in total. The molecule has 0 fully saturated rings. The molecule has 0 spiro atoms. The fourth-order valence-corrected chi connectivity index (χ4v) is 1.54. The molecule has 0 amide bonds. The van der Waals surface area contributed by atoms with Crippen molar-refractivity contribution in [3.63, 3.8) is 0 Å². The molecule has 0 aliphatic rings. The van der Waals surface area contributed by atoms with Crippen molar-refractivity contribution >= 4 is 11.9 Å². The van der Waals surface area contributed by atoms with Gasteiger partial charge in [-0.05, 0) is 45.7 Å². The van der Waals surface area contributed by atoms with Crippen molar-refractivity contribution in [2.75, 3.05) is 6.61 Å². The van der Waals surface area contributed by atoms with Crippen molar-refractivity contribution in [2.24, 2.45) is 0 Å². The Balaban J connectivity index is 2.17. The highest BCUT2D eigenvalue weighted by Crippen LogP contribution is 2.07. The Bertz CT molecular complexity index is 483. The Morgan fingerprint density at radius 2 is 1.81 bits per heavy atom. The molecule has 114 valence electrons. The Morgan fingerprint density at radius 3 is 2.43 bits per heavy atom. The number of carbonyl (C=O) groups is 2. The maximum atomic E-state index is 11.6. The summed E-state index contributed by atoms with van der Waals surface area (Å²) in [7, 11) is 0. The van der Waals surface area contributed by atoms with Gasteiger partial charge in [-0.15, -0.1) is 0 Å². The van der Waals surface area contributed by atoms with Crippen LogP contribution in [-0.2, 0) is 14.3 Å². The molecule has 0 heterocycles. The minimum absolute atomic E-state index is 0.326. The van der Waals surface area contributed by atoms with Crippen LogP contribution in [0.5, 0.6) is 0 Å². The van der Waals surface area contributed by atoms with Gasteiger partial charge in [-0.25, -0.2) is 9.59 Å². The van der Waals surface area contributed by atoms with Gasteiger partial charge in [0, 0.05) is 6.08 Å². The number of allylic oxidation sites excluding steroid dienone is 1. The molecule has 0 unspecified atom stereocenters. The van der Waals surface area contributed by atoms with Gasteiger partial charge in [-0.3, -0.25) is 0 Å². The second kappa shape index (κ2) is 8.25. The maximum Gasteiger partial charge on any atom is 0.338 e. The van der Waals surface area contributed by atoms with Gasteiger partial charge in [0.25, 0.3) is 0 Å². The smallest absolute Gasteiger partial charge is 0.338 e. The average Bonchev–Trinajstić information content (AvgIpc) is 2.41. The van der Waals surface area contributed by atoms with Gasteiger partial charge in [-0.2, -0.15) is 0 Å². The molecule has 1 aromatic carbocycles. The molecule has 21 heavy (non-hydrogen) atoms. The maximum absolute atomic E-state index is 11.6. The Morgan fingerprint density at radius 1 is 1.14 bits per heavy atom. The zero-order valence-corrected chi connectivity index (χ0v) is 12.8. The van der Waals surface area contributed by atoms with E-state index >= 15 is 0 Å². The summed E-state index contributed by atoms with van der Waals surface area (Å²) in [5.41, 5.74) is 0.0638. The molecule has 0 aliphatic carbocycles. The summed E-state index contributed by atoms with van der Waals surface area (Å²) in [6.07, 6.45) is 4.45. The highest BCUT2D eigenvalue weighted by Gasteiger charge is 2.13. The number of rotatable bonds is 6. The largest absolute Gasteiger partial charge is 0.462 e. The van der Waals surface area contributed by atoms with E-state index in [1.54, 1.807) is 30.3 Å². The minimum Gasteiger partial charge on any atom is -0.462 e. The van der Waals surface area contributed by atoms with Gasteiger partial charge < -0.3 is 9.47 Å². The fraction of sp³-hybridized carbons (Fsp3) is 0.412. The van der Waals surface area contributed by atoms with Gasteiger partial charge >= 0.3 is 11.9 Å². The van der Waals surface area contributed by atoms with E-state index in [2.05, 4.69) is 0 Å². The van der Waals surface area contributed by atoms with Crippen LogP contribution in [0.15, 0.2) is 42.5 Å². The fourth-order valence-electron chi connectivity index (χ4n) is 1.54. The van der Waals surface area contributed by atoms with E-state index < -0.39 is 5.60 Å². The predicted molar refractivity (Wildman–Crippen MR) is 80.9 cm³/mol. The van der Waals surface area contributed by atoms with Crippen LogP contribution >= 0.6 is 0 Å². The molecule has 0 saturated carbocycles. The van der Waals surface area contributed by atoms with Gasteiger partial charge in [0.2, 0.25) is 0 Å². The van der Waals surface area contributed by atoms with Crippen LogP contribution in [0.25, 0.3) is 0 Å². The summed E-state index contributed by atoms with van der Waals surface area (Å²) in [6.45, 7) is 5.79. The topological polar surface area (TPSA) is 52.6 Å². The lowest BCUT2D eigenvalue weighted by Crippen LogP contribution is -2.22. The van der Waals surface area contributed by atoms with E-state index in [-0.39, 0.29) is 11.9 Å². The first kappa shape index (κ1) is 17.0.